The largest absolute Gasteiger partial charge is 0.337 e. The number of para-hydroxylation sites is 2. The van der Waals surface area contributed by atoms with E-state index in [1.54, 1.807) is 0 Å². The monoisotopic (exact) mass is 502 g/mol. The summed E-state index contributed by atoms with van der Waals surface area (Å²) in [4.78, 5) is 2.57. The van der Waals surface area contributed by atoms with E-state index in [4.69, 9.17) is 0 Å². The standard InChI is InChI=1S/C37H30N2/c1-2-13-35-37(36-26-29-16-9-11-20-33(29)38(36)30-17-7-4-8-18-30)32-19-10-12-21-34(32)39(35)31-24-22-28(23-25-31)27-14-5-3-6-15-27/h2-17,19-25,30H,1,18,26H2/b35-13+,37-36+. The SMILES string of the molecule is C=C/C=c1\c(=C2/Cc3ccccc3N2C2C=CC=CC2)c2ccccc2n1-c1ccc(-c2ccccc2)cc1. The minimum absolute atomic E-state index is 0.289. The number of fused-ring (bicyclic) bond motifs is 2. The first kappa shape index (κ1) is 23.3. The fourth-order valence-corrected chi connectivity index (χ4v) is 6.20. The Kier molecular flexibility index (Phi) is 5.86. The first-order chi connectivity index (χ1) is 19.3. The molecule has 2 aliphatic rings. The molecule has 0 radical (unpaired) electrons. The highest BCUT2D eigenvalue weighted by Gasteiger charge is 2.30. The van der Waals surface area contributed by atoms with E-state index in [1.807, 2.05) is 6.08 Å². The van der Waals surface area contributed by atoms with E-state index >= 15 is 0 Å². The van der Waals surface area contributed by atoms with Crippen LogP contribution in [0, 0.1) is 0 Å². The van der Waals surface area contributed by atoms with Gasteiger partial charge < -0.3 is 9.47 Å². The van der Waals surface area contributed by atoms with E-state index in [9.17, 15) is 0 Å². The van der Waals surface area contributed by atoms with Crippen molar-refractivity contribution in [3.05, 3.63) is 156 Å². The van der Waals surface area contributed by atoms with Gasteiger partial charge in [0.05, 0.1) is 16.9 Å². The van der Waals surface area contributed by atoms with E-state index in [0.29, 0.717) is 0 Å². The lowest BCUT2D eigenvalue weighted by molar-refractivity contribution is 0.791. The molecular formula is C37H30N2. The quantitative estimate of drug-likeness (QED) is 0.250. The Morgan fingerprint density at radius 3 is 2.28 bits per heavy atom. The van der Waals surface area contributed by atoms with Crippen LogP contribution in [0.25, 0.3) is 39.5 Å². The van der Waals surface area contributed by atoms with Gasteiger partial charge in [0.2, 0.25) is 0 Å². The van der Waals surface area contributed by atoms with Gasteiger partial charge >= 0.3 is 0 Å². The van der Waals surface area contributed by atoms with Crippen LogP contribution in [0.15, 0.2) is 140 Å². The van der Waals surface area contributed by atoms with Crippen LogP contribution in [0.5, 0.6) is 0 Å². The second kappa shape index (κ2) is 9.81. The summed E-state index contributed by atoms with van der Waals surface area (Å²) >= 11 is 0. The van der Waals surface area contributed by atoms with E-state index < -0.39 is 0 Å². The highest BCUT2D eigenvalue weighted by Crippen LogP contribution is 2.38. The maximum Gasteiger partial charge on any atom is 0.0558 e. The Labute approximate surface area is 229 Å². The lowest BCUT2D eigenvalue weighted by atomic mass is 10.1. The summed E-state index contributed by atoms with van der Waals surface area (Å²) in [7, 11) is 0. The summed E-state index contributed by atoms with van der Waals surface area (Å²) in [5.41, 5.74) is 8.84. The number of aromatic nitrogens is 1. The summed E-state index contributed by atoms with van der Waals surface area (Å²) in [6, 6.07) is 37.4. The molecule has 4 aromatic carbocycles. The first-order valence-corrected chi connectivity index (χ1v) is 13.7. The van der Waals surface area contributed by atoms with Crippen molar-refractivity contribution in [3.63, 3.8) is 0 Å². The van der Waals surface area contributed by atoms with Gasteiger partial charge in [-0.15, -0.1) is 0 Å². The average molecular weight is 503 g/mol. The van der Waals surface area contributed by atoms with Crippen molar-refractivity contribution in [3.8, 4) is 16.8 Å². The van der Waals surface area contributed by atoms with Crippen LogP contribution in [0.3, 0.4) is 0 Å². The molecule has 39 heavy (non-hydrogen) atoms. The van der Waals surface area contributed by atoms with E-state index in [0.717, 1.165) is 18.5 Å². The van der Waals surface area contributed by atoms with Crippen LogP contribution in [0.4, 0.5) is 5.69 Å². The molecule has 0 bridgehead atoms. The molecule has 1 aromatic heterocycles. The molecule has 188 valence electrons. The fraction of sp³-hybridized carbons (Fsp3) is 0.0811. The summed E-state index contributed by atoms with van der Waals surface area (Å²) in [6.07, 6.45) is 14.9. The summed E-state index contributed by atoms with van der Waals surface area (Å²) in [5.74, 6) is 0. The van der Waals surface area contributed by atoms with Gasteiger partial charge in [-0.3, -0.25) is 0 Å². The van der Waals surface area contributed by atoms with Gasteiger partial charge in [0.25, 0.3) is 0 Å². The molecule has 7 rings (SSSR count). The number of hydrogen-bond donors (Lipinski definition) is 0. The second-order valence-electron chi connectivity index (χ2n) is 10.2. The molecule has 1 unspecified atom stereocenters. The molecule has 0 saturated heterocycles. The number of rotatable bonds is 4. The first-order valence-electron chi connectivity index (χ1n) is 13.7. The third-order valence-electron chi connectivity index (χ3n) is 7.90. The lowest BCUT2D eigenvalue weighted by Gasteiger charge is -2.30. The predicted octanol–water partition coefficient (Wildman–Crippen LogP) is 7.32. The van der Waals surface area contributed by atoms with Gasteiger partial charge in [-0.05, 0) is 53.5 Å². The van der Waals surface area contributed by atoms with Gasteiger partial charge in [0, 0.05) is 34.1 Å². The van der Waals surface area contributed by atoms with Crippen LogP contribution in [0.1, 0.15) is 12.0 Å². The van der Waals surface area contributed by atoms with Crippen molar-refractivity contribution < 1.29 is 0 Å². The zero-order valence-corrected chi connectivity index (χ0v) is 21.9. The van der Waals surface area contributed by atoms with Crippen LogP contribution >= 0.6 is 0 Å². The summed E-state index contributed by atoms with van der Waals surface area (Å²) in [5, 5.41) is 3.72. The normalized spacial score (nSPS) is 18.1. The molecule has 0 N–H and O–H groups in total. The second-order valence-corrected chi connectivity index (χ2v) is 10.2. The molecule has 2 heteroatoms. The van der Waals surface area contributed by atoms with Gasteiger partial charge in [0.1, 0.15) is 0 Å². The molecule has 1 aliphatic carbocycles. The summed E-state index contributed by atoms with van der Waals surface area (Å²) < 4.78 is 2.39. The predicted molar refractivity (Wildman–Crippen MR) is 165 cm³/mol. The molecular weight excluding hydrogens is 472 g/mol. The molecule has 0 spiro atoms. The van der Waals surface area contributed by atoms with Crippen LogP contribution in [0.2, 0.25) is 0 Å². The smallest absolute Gasteiger partial charge is 0.0558 e. The fourth-order valence-electron chi connectivity index (χ4n) is 6.20. The van der Waals surface area contributed by atoms with Crippen LogP contribution < -0.4 is 15.5 Å². The number of hydrogen-bond acceptors (Lipinski definition) is 1. The number of allylic oxidation sites excluding steroid dienone is 3. The number of nitrogens with zero attached hydrogens (tertiary/aromatic N) is 2. The minimum Gasteiger partial charge on any atom is -0.337 e. The van der Waals surface area contributed by atoms with E-state index in [-0.39, 0.29) is 6.04 Å². The molecule has 1 aliphatic heterocycles. The Morgan fingerprint density at radius 1 is 0.744 bits per heavy atom. The van der Waals surface area contributed by atoms with E-state index in [2.05, 4.69) is 150 Å². The topological polar surface area (TPSA) is 8.17 Å². The number of benzene rings is 4. The Hall–Kier alpha value is -4.82. The zero-order chi connectivity index (χ0) is 26.2. The van der Waals surface area contributed by atoms with Crippen molar-refractivity contribution in [2.24, 2.45) is 0 Å². The van der Waals surface area contributed by atoms with Crippen molar-refractivity contribution >= 4 is 28.4 Å². The maximum absolute atomic E-state index is 4.12. The maximum atomic E-state index is 4.12. The molecule has 1 atom stereocenters. The Balaban J connectivity index is 1.51. The van der Waals surface area contributed by atoms with E-state index in [1.165, 1.54) is 49.5 Å². The summed E-state index contributed by atoms with van der Waals surface area (Å²) in [6.45, 7) is 4.12. The van der Waals surface area contributed by atoms with Gasteiger partial charge in [0.15, 0.2) is 0 Å². The molecule has 2 nitrogen and oxygen atoms in total. The number of anilines is 1. The van der Waals surface area contributed by atoms with Crippen molar-refractivity contribution in [2.45, 2.75) is 18.9 Å². The van der Waals surface area contributed by atoms with Crippen LogP contribution in [-0.2, 0) is 6.42 Å². The Bertz CT molecular complexity index is 1870. The molecule has 0 amide bonds. The third kappa shape index (κ3) is 3.97. The highest BCUT2D eigenvalue weighted by atomic mass is 15.2. The molecule has 0 saturated carbocycles. The minimum atomic E-state index is 0.289. The van der Waals surface area contributed by atoms with Crippen LogP contribution in [-0.4, -0.2) is 10.6 Å². The molecule has 2 heterocycles. The average Bonchev–Trinajstić information content (AvgIpc) is 3.54. The lowest BCUT2D eigenvalue weighted by Crippen LogP contribution is -2.39. The molecule has 5 aromatic rings. The van der Waals surface area contributed by atoms with Crippen molar-refractivity contribution in [2.75, 3.05) is 4.90 Å². The van der Waals surface area contributed by atoms with Crippen molar-refractivity contribution in [1.82, 2.24) is 4.57 Å². The van der Waals surface area contributed by atoms with Gasteiger partial charge in [-0.1, -0.05) is 116 Å². The van der Waals surface area contributed by atoms with Gasteiger partial charge in [-0.25, -0.2) is 0 Å². The molecule has 0 fully saturated rings. The highest BCUT2D eigenvalue weighted by molar-refractivity contribution is 5.90. The Morgan fingerprint density at radius 2 is 1.49 bits per heavy atom. The van der Waals surface area contributed by atoms with Crippen molar-refractivity contribution in [1.29, 1.82) is 0 Å². The zero-order valence-electron chi connectivity index (χ0n) is 21.9. The van der Waals surface area contributed by atoms with Gasteiger partial charge in [-0.2, -0.15) is 0 Å². The third-order valence-corrected chi connectivity index (χ3v) is 7.90.